The third-order valence-electron chi connectivity index (χ3n) is 2.94. The van der Waals surface area contributed by atoms with Gasteiger partial charge in [0.05, 0.1) is 5.56 Å². The number of carbonyl (C=O) groups is 1. The standard InChI is InChI=1S/C16H16ClNO2/c1-11(2)15(12-5-7-14(17)8-6-12)20-16(19)13-4-3-9-18-10-13/h3-11,15H,1-2H3. The third-order valence-corrected chi connectivity index (χ3v) is 3.19. The normalized spacial score (nSPS) is 12.2. The Morgan fingerprint density at radius 3 is 2.45 bits per heavy atom. The van der Waals surface area contributed by atoms with Crippen LogP contribution in [0.25, 0.3) is 0 Å². The summed E-state index contributed by atoms with van der Waals surface area (Å²) in [6.07, 6.45) is 2.82. The van der Waals surface area contributed by atoms with E-state index in [1.165, 1.54) is 6.20 Å². The smallest absolute Gasteiger partial charge is 0.340 e. The van der Waals surface area contributed by atoms with Crippen LogP contribution in [0.15, 0.2) is 48.8 Å². The summed E-state index contributed by atoms with van der Waals surface area (Å²) in [5.74, 6) is -0.205. The Kier molecular flexibility index (Phi) is 4.74. The van der Waals surface area contributed by atoms with E-state index >= 15 is 0 Å². The van der Waals surface area contributed by atoms with E-state index in [4.69, 9.17) is 16.3 Å². The van der Waals surface area contributed by atoms with Crippen molar-refractivity contribution in [1.82, 2.24) is 4.98 Å². The van der Waals surface area contributed by atoms with Gasteiger partial charge in [-0.25, -0.2) is 4.79 Å². The van der Waals surface area contributed by atoms with Gasteiger partial charge in [0.25, 0.3) is 0 Å². The van der Waals surface area contributed by atoms with Crippen LogP contribution >= 0.6 is 11.6 Å². The Morgan fingerprint density at radius 2 is 1.90 bits per heavy atom. The van der Waals surface area contributed by atoms with Crippen molar-refractivity contribution in [3.05, 3.63) is 64.9 Å². The molecule has 1 atom stereocenters. The summed E-state index contributed by atoms with van der Waals surface area (Å²) in [6, 6.07) is 10.7. The third kappa shape index (κ3) is 3.58. The van der Waals surface area contributed by atoms with Crippen molar-refractivity contribution in [2.45, 2.75) is 20.0 Å². The Morgan fingerprint density at radius 1 is 1.20 bits per heavy atom. The molecule has 0 radical (unpaired) electrons. The number of benzene rings is 1. The lowest BCUT2D eigenvalue weighted by molar-refractivity contribution is 0.0176. The van der Waals surface area contributed by atoms with Gasteiger partial charge in [0, 0.05) is 17.4 Å². The first-order valence-electron chi connectivity index (χ1n) is 6.44. The van der Waals surface area contributed by atoms with E-state index in [1.54, 1.807) is 30.5 Å². The molecule has 0 fully saturated rings. The molecule has 1 aromatic heterocycles. The summed E-state index contributed by atoms with van der Waals surface area (Å²) in [5, 5.41) is 0.662. The summed E-state index contributed by atoms with van der Waals surface area (Å²) < 4.78 is 5.60. The molecule has 104 valence electrons. The van der Waals surface area contributed by atoms with Gasteiger partial charge in [0.15, 0.2) is 0 Å². The van der Waals surface area contributed by atoms with Gasteiger partial charge < -0.3 is 4.74 Å². The lowest BCUT2D eigenvalue weighted by atomic mass is 9.99. The summed E-state index contributed by atoms with van der Waals surface area (Å²) in [5.41, 5.74) is 1.38. The monoisotopic (exact) mass is 289 g/mol. The summed E-state index contributed by atoms with van der Waals surface area (Å²) >= 11 is 5.88. The molecule has 4 heteroatoms. The molecule has 0 aliphatic rings. The van der Waals surface area contributed by atoms with Gasteiger partial charge in [-0.1, -0.05) is 37.6 Å². The molecule has 1 heterocycles. The fourth-order valence-corrected chi connectivity index (χ4v) is 2.03. The molecule has 2 rings (SSSR count). The maximum Gasteiger partial charge on any atom is 0.340 e. The van der Waals surface area contributed by atoms with E-state index in [1.807, 2.05) is 26.0 Å². The van der Waals surface area contributed by atoms with Crippen molar-refractivity contribution < 1.29 is 9.53 Å². The summed E-state index contributed by atoms with van der Waals surface area (Å²) in [4.78, 5) is 16.0. The van der Waals surface area contributed by atoms with E-state index < -0.39 is 0 Å². The van der Waals surface area contributed by atoms with Crippen LogP contribution in [0.1, 0.15) is 35.9 Å². The highest BCUT2D eigenvalue weighted by atomic mass is 35.5. The number of rotatable bonds is 4. The van der Waals surface area contributed by atoms with E-state index in [-0.39, 0.29) is 18.0 Å². The molecule has 0 N–H and O–H groups in total. The Labute approximate surface area is 123 Å². The second-order valence-electron chi connectivity index (χ2n) is 4.86. The fraction of sp³-hybridized carbons (Fsp3) is 0.250. The SMILES string of the molecule is CC(C)C(OC(=O)c1cccnc1)c1ccc(Cl)cc1. The molecule has 0 saturated carbocycles. The second-order valence-corrected chi connectivity index (χ2v) is 5.30. The quantitative estimate of drug-likeness (QED) is 0.788. The van der Waals surface area contributed by atoms with Crippen LogP contribution in [0.2, 0.25) is 5.02 Å². The maximum atomic E-state index is 12.1. The van der Waals surface area contributed by atoms with Gasteiger partial charge in [0.2, 0.25) is 0 Å². The number of hydrogen-bond acceptors (Lipinski definition) is 3. The van der Waals surface area contributed by atoms with Crippen LogP contribution in [0.3, 0.4) is 0 Å². The van der Waals surface area contributed by atoms with Gasteiger partial charge in [-0.3, -0.25) is 4.98 Å². The molecule has 1 aromatic carbocycles. The number of esters is 1. The first-order chi connectivity index (χ1) is 9.58. The Hall–Kier alpha value is -1.87. The summed E-state index contributed by atoms with van der Waals surface area (Å²) in [6.45, 7) is 4.02. The number of nitrogens with zero attached hydrogens (tertiary/aromatic N) is 1. The molecule has 0 amide bonds. The predicted molar refractivity (Wildman–Crippen MR) is 78.7 cm³/mol. The first-order valence-corrected chi connectivity index (χ1v) is 6.82. The lowest BCUT2D eigenvalue weighted by Crippen LogP contribution is -2.16. The maximum absolute atomic E-state index is 12.1. The minimum Gasteiger partial charge on any atom is -0.454 e. The topological polar surface area (TPSA) is 39.2 Å². The van der Waals surface area contributed by atoms with Gasteiger partial charge in [-0.15, -0.1) is 0 Å². The fourth-order valence-electron chi connectivity index (χ4n) is 1.91. The minimum absolute atomic E-state index is 0.164. The summed E-state index contributed by atoms with van der Waals surface area (Å²) in [7, 11) is 0. The molecule has 0 saturated heterocycles. The molecular weight excluding hydrogens is 274 g/mol. The van der Waals surface area contributed by atoms with E-state index in [2.05, 4.69) is 4.98 Å². The van der Waals surface area contributed by atoms with Crippen LogP contribution in [0, 0.1) is 5.92 Å². The number of aromatic nitrogens is 1. The van der Waals surface area contributed by atoms with Gasteiger partial charge in [-0.05, 0) is 35.7 Å². The molecule has 3 nitrogen and oxygen atoms in total. The molecular formula is C16H16ClNO2. The highest BCUT2D eigenvalue weighted by Gasteiger charge is 2.21. The van der Waals surface area contributed by atoms with Crippen LogP contribution in [0.4, 0.5) is 0 Å². The van der Waals surface area contributed by atoms with Crippen LogP contribution in [-0.4, -0.2) is 11.0 Å². The van der Waals surface area contributed by atoms with Crippen LogP contribution in [-0.2, 0) is 4.74 Å². The zero-order valence-corrected chi connectivity index (χ0v) is 12.2. The average molecular weight is 290 g/mol. The molecule has 1 unspecified atom stereocenters. The highest BCUT2D eigenvalue weighted by Crippen LogP contribution is 2.27. The highest BCUT2D eigenvalue weighted by molar-refractivity contribution is 6.30. The lowest BCUT2D eigenvalue weighted by Gasteiger charge is -2.22. The van der Waals surface area contributed by atoms with Crippen molar-refractivity contribution in [3.8, 4) is 0 Å². The van der Waals surface area contributed by atoms with Gasteiger partial charge in [-0.2, -0.15) is 0 Å². The Balaban J connectivity index is 2.18. The van der Waals surface area contributed by atoms with Crippen molar-refractivity contribution >= 4 is 17.6 Å². The number of ether oxygens (including phenoxy) is 1. The molecule has 0 aliphatic heterocycles. The Bertz CT molecular complexity index is 567. The number of pyridine rings is 1. The van der Waals surface area contributed by atoms with Crippen molar-refractivity contribution in [2.24, 2.45) is 5.92 Å². The largest absolute Gasteiger partial charge is 0.454 e. The zero-order chi connectivity index (χ0) is 14.5. The van der Waals surface area contributed by atoms with Gasteiger partial charge in [0.1, 0.15) is 6.10 Å². The van der Waals surface area contributed by atoms with Crippen molar-refractivity contribution in [1.29, 1.82) is 0 Å². The van der Waals surface area contributed by atoms with Crippen LogP contribution in [0.5, 0.6) is 0 Å². The van der Waals surface area contributed by atoms with Crippen LogP contribution < -0.4 is 0 Å². The van der Waals surface area contributed by atoms with E-state index in [9.17, 15) is 4.79 Å². The molecule has 0 aliphatic carbocycles. The van der Waals surface area contributed by atoms with E-state index in [0.29, 0.717) is 10.6 Å². The minimum atomic E-state index is -0.369. The molecule has 0 bridgehead atoms. The molecule has 20 heavy (non-hydrogen) atoms. The zero-order valence-electron chi connectivity index (χ0n) is 11.4. The predicted octanol–water partition coefficient (Wildman–Crippen LogP) is 4.29. The van der Waals surface area contributed by atoms with E-state index in [0.717, 1.165) is 5.56 Å². The second kappa shape index (κ2) is 6.53. The van der Waals surface area contributed by atoms with Gasteiger partial charge >= 0.3 is 5.97 Å². The number of hydrogen-bond donors (Lipinski definition) is 0. The molecule has 0 spiro atoms. The number of carbonyl (C=O) groups excluding carboxylic acids is 1. The molecule has 2 aromatic rings. The average Bonchev–Trinajstić information content (AvgIpc) is 2.46. The first kappa shape index (κ1) is 14.5. The van der Waals surface area contributed by atoms with Crippen molar-refractivity contribution in [2.75, 3.05) is 0 Å². The van der Waals surface area contributed by atoms with Crippen molar-refractivity contribution in [3.63, 3.8) is 0 Å². The number of halogens is 1.